The number of quaternary nitrogens is 1. The minimum atomic E-state index is -0.375. The Balaban J connectivity index is 2.48. The molecule has 1 saturated heterocycles. The Morgan fingerprint density at radius 3 is 2.86 bits per heavy atom. The highest BCUT2D eigenvalue weighted by atomic mass is 32.2. The van der Waals surface area contributed by atoms with Crippen LogP contribution in [0, 0.1) is 5.21 Å². The van der Waals surface area contributed by atoms with E-state index in [1.54, 1.807) is 0 Å². The molecular weight excluding hydrogens is 116 g/mol. The van der Waals surface area contributed by atoms with Gasteiger partial charge in [-0.15, -0.1) is 0 Å². The number of amides is 1. The van der Waals surface area contributed by atoms with E-state index in [0.717, 1.165) is 12.1 Å². The Hall–Kier alpha value is -0.100. The van der Waals surface area contributed by atoms with E-state index < -0.39 is 0 Å². The van der Waals surface area contributed by atoms with Crippen LogP contribution in [0.4, 0.5) is 0 Å². The molecule has 1 atom stereocenters. The lowest BCUT2D eigenvalue weighted by Crippen LogP contribution is -3.01. The molecule has 0 spiro atoms. The molecule has 1 heterocycles. The van der Waals surface area contributed by atoms with Gasteiger partial charge in [-0.3, -0.25) is 0 Å². The van der Waals surface area contributed by atoms with E-state index in [1.807, 2.05) is 0 Å². The highest BCUT2D eigenvalue weighted by Gasteiger charge is 2.19. The predicted molar refractivity (Wildman–Crippen MR) is 24.9 cm³/mol. The Morgan fingerprint density at radius 1 is 2.00 bits per heavy atom. The van der Waals surface area contributed by atoms with Crippen LogP contribution in [0.15, 0.2) is 0 Å². The zero-order chi connectivity index (χ0) is 5.28. The van der Waals surface area contributed by atoms with E-state index in [0.29, 0.717) is 0 Å². The maximum Gasteiger partial charge on any atom is 0.339 e. The summed E-state index contributed by atoms with van der Waals surface area (Å²) >= 11 is 0.867. The lowest BCUT2D eigenvalue weighted by atomic mass is 10.7. The molecule has 2 N–H and O–H groups in total. The van der Waals surface area contributed by atoms with Gasteiger partial charge in [-0.1, -0.05) is 0 Å². The van der Waals surface area contributed by atoms with Crippen LogP contribution in [0.25, 0.3) is 0 Å². The van der Waals surface area contributed by atoms with Crippen molar-refractivity contribution >= 4 is 18.0 Å². The summed E-state index contributed by atoms with van der Waals surface area (Å²) in [6.45, 7) is 0.198. The van der Waals surface area contributed by atoms with Crippen molar-refractivity contribution in [3.63, 3.8) is 0 Å². The first-order valence-corrected chi connectivity index (χ1v) is 2.59. The second kappa shape index (κ2) is 1.79. The van der Waals surface area contributed by atoms with Crippen molar-refractivity contribution in [1.82, 2.24) is 4.72 Å². The SMILES string of the molecule is O=C1CNS[NH+]1[O-]. The first-order chi connectivity index (χ1) is 3.30. The molecule has 4 nitrogen and oxygen atoms in total. The van der Waals surface area contributed by atoms with Crippen LogP contribution in [0.5, 0.6) is 0 Å². The summed E-state index contributed by atoms with van der Waals surface area (Å²) in [6.07, 6.45) is 0. The number of carbonyl (C=O) groups excluding carboxylic acids is 1. The molecule has 0 bridgehead atoms. The van der Waals surface area contributed by atoms with E-state index >= 15 is 0 Å². The summed E-state index contributed by atoms with van der Waals surface area (Å²) in [4.78, 5) is 10.1. The fraction of sp³-hybridized carbons (Fsp3) is 0.500. The second-order valence-corrected chi connectivity index (χ2v) is 2.00. The summed E-state index contributed by atoms with van der Waals surface area (Å²) in [5.74, 6) is -0.329. The molecule has 1 fully saturated rings. The largest absolute Gasteiger partial charge is 0.613 e. The molecule has 5 heteroatoms. The first-order valence-electron chi connectivity index (χ1n) is 1.77. The molecule has 0 radical (unpaired) electrons. The second-order valence-electron chi connectivity index (χ2n) is 1.13. The smallest absolute Gasteiger partial charge is 0.339 e. The van der Waals surface area contributed by atoms with Gasteiger partial charge >= 0.3 is 5.91 Å². The molecule has 1 rings (SSSR count). The molecule has 0 aliphatic carbocycles. The van der Waals surface area contributed by atoms with Gasteiger partial charge < -0.3 is 5.21 Å². The zero-order valence-electron chi connectivity index (χ0n) is 3.43. The summed E-state index contributed by atoms with van der Waals surface area (Å²) in [5.41, 5.74) is 0. The fourth-order valence-electron chi connectivity index (χ4n) is 0.296. The van der Waals surface area contributed by atoms with Crippen LogP contribution in [-0.2, 0) is 4.79 Å². The first kappa shape index (κ1) is 5.04. The Kier molecular flexibility index (Phi) is 1.29. The number of hydrogen-bond donors (Lipinski definition) is 2. The van der Waals surface area contributed by atoms with E-state index in [-0.39, 0.29) is 16.9 Å². The molecule has 0 aromatic rings. The van der Waals surface area contributed by atoms with Crippen molar-refractivity contribution in [3.05, 3.63) is 5.21 Å². The van der Waals surface area contributed by atoms with Crippen molar-refractivity contribution < 1.29 is 9.26 Å². The van der Waals surface area contributed by atoms with Crippen LogP contribution in [0.3, 0.4) is 0 Å². The molecule has 1 aliphatic rings. The molecule has 0 saturated carbocycles. The van der Waals surface area contributed by atoms with Gasteiger partial charge in [0.25, 0.3) is 0 Å². The standard InChI is InChI=1S/C2H4N2O2S/c5-2-1-3-7-4(2)6/h3-4H,1H2. The van der Waals surface area contributed by atoms with Crippen molar-refractivity contribution in [1.29, 1.82) is 0 Å². The molecule has 1 aliphatic heterocycles. The highest BCUT2D eigenvalue weighted by molar-refractivity contribution is 7.91. The zero-order valence-corrected chi connectivity index (χ0v) is 4.25. The van der Waals surface area contributed by atoms with E-state index in [2.05, 4.69) is 4.72 Å². The number of hydroxylamine groups is 1. The lowest BCUT2D eigenvalue weighted by molar-refractivity contribution is -0.599. The maximum absolute atomic E-state index is 10.1. The van der Waals surface area contributed by atoms with Gasteiger partial charge in [0.2, 0.25) is 0 Å². The van der Waals surface area contributed by atoms with Crippen LogP contribution in [-0.4, -0.2) is 12.5 Å². The van der Waals surface area contributed by atoms with E-state index in [9.17, 15) is 10.0 Å². The lowest BCUT2D eigenvalue weighted by Gasteiger charge is -2.03. The van der Waals surface area contributed by atoms with Crippen molar-refractivity contribution in [2.45, 2.75) is 0 Å². The minimum Gasteiger partial charge on any atom is -0.613 e. The predicted octanol–water partition coefficient (Wildman–Crippen LogP) is -1.94. The van der Waals surface area contributed by atoms with Gasteiger partial charge in [0.1, 0.15) is 6.54 Å². The molecule has 1 unspecified atom stereocenters. The molecule has 7 heavy (non-hydrogen) atoms. The summed E-state index contributed by atoms with van der Waals surface area (Å²) < 4.78 is 2.16. The Bertz CT molecular complexity index is 95.7. The Morgan fingerprint density at radius 2 is 2.71 bits per heavy atom. The molecule has 40 valence electrons. The summed E-state index contributed by atoms with van der Waals surface area (Å²) in [6, 6.07) is 0. The Labute approximate surface area is 44.7 Å². The van der Waals surface area contributed by atoms with Gasteiger partial charge in [-0.25, -0.2) is 9.26 Å². The molecule has 0 aromatic heterocycles. The number of rotatable bonds is 0. The average Bonchev–Trinajstić information content (AvgIpc) is 1.91. The number of hydrogen-bond acceptors (Lipinski definition) is 4. The van der Waals surface area contributed by atoms with Crippen LogP contribution >= 0.6 is 12.1 Å². The summed E-state index contributed by atoms with van der Waals surface area (Å²) in [5, 5.41) is 10.1. The average molecular weight is 120 g/mol. The topological polar surface area (TPSA) is 56.6 Å². The third-order valence-corrected chi connectivity index (χ3v) is 1.33. The fourth-order valence-corrected chi connectivity index (χ4v) is 0.817. The van der Waals surface area contributed by atoms with Crippen molar-refractivity contribution in [3.8, 4) is 0 Å². The molecular formula is C2H4N2O2S. The van der Waals surface area contributed by atoms with Gasteiger partial charge in [0.15, 0.2) is 12.1 Å². The minimum absolute atomic E-state index is 0.198. The highest BCUT2D eigenvalue weighted by Crippen LogP contribution is 1.81. The van der Waals surface area contributed by atoms with Crippen LogP contribution in [0.1, 0.15) is 0 Å². The van der Waals surface area contributed by atoms with Gasteiger partial charge in [0.05, 0.1) is 0 Å². The third-order valence-electron chi connectivity index (χ3n) is 0.625. The monoisotopic (exact) mass is 120 g/mol. The maximum atomic E-state index is 10.1. The molecule has 1 amide bonds. The van der Waals surface area contributed by atoms with Gasteiger partial charge in [-0.2, -0.15) is 4.72 Å². The molecule has 0 aromatic carbocycles. The van der Waals surface area contributed by atoms with Crippen LogP contribution < -0.4 is 9.19 Å². The third kappa shape index (κ3) is 0.916. The van der Waals surface area contributed by atoms with Gasteiger partial charge in [0, 0.05) is 0 Å². The number of nitrogens with one attached hydrogen (secondary N) is 2. The van der Waals surface area contributed by atoms with E-state index in [1.165, 1.54) is 0 Å². The van der Waals surface area contributed by atoms with Crippen LogP contribution in [0.2, 0.25) is 0 Å². The summed E-state index contributed by atoms with van der Waals surface area (Å²) in [7, 11) is 0. The quantitative estimate of drug-likeness (QED) is 0.288. The van der Waals surface area contributed by atoms with E-state index in [4.69, 9.17) is 0 Å². The van der Waals surface area contributed by atoms with Gasteiger partial charge in [-0.05, 0) is 0 Å². The number of carbonyl (C=O) groups is 1. The normalized spacial score (nSPS) is 31.6. The van der Waals surface area contributed by atoms with Crippen molar-refractivity contribution in [2.24, 2.45) is 0 Å². The van der Waals surface area contributed by atoms with Crippen molar-refractivity contribution in [2.75, 3.05) is 6.54 Å².